The molecule has 3 heterocycles. The quantitative estimate of drug-likeness (QED) is 0.402. The number of fused-ring (bicyclic) bond motifs is 1. The van der Waals surface area contributed by atoms with Gasteiger partial charge in [0.2, 0.25) is 0 Å². The summed E-state index contributed by atoms with van der Waals surface area (Å²) in [6.07, 6.45) is 7.42. The van der Waals surface area contributed by atoms with Crippen LogP contribution in [0.25, 0.3) is 10.8 Å². The summed E-state index contributed by atoms with van der Waals surface area (Å²) in [5.41, 5.74) is 7.93. The van der Waals surface area contributed by atoms with Crippen LogP contribution in [0.4, 0.5) is 11.6 Å². The third-order valence-corrected chi connectivity index (χ3v) is 4.39. The first-order valence-corrected chi connectivity index (χ1v) is 8.78. The van der Waals surface area contributed by atoms with Crippen molar-refractivity contribution in [1.82, 2.24) is 19.3 Å². The SMILES string of the molecule is Cn1cccc1C=NNc1nnc(NN=Cc2cccn2C)c2ccccc12. The zero-order valence-corrected chi connectivity index (χ0v) is 15.6. The molecule has 0 bridgehead atoms. The van der Waals surface area contributed by atoms with Gasteiger partial charge in [0.25, 0.3) is 0 Å². The van der Waals surface area contributed by atoms with E-state index in [2.05, 4.69) is 31.3 Å². The van der Waals surface area contributed by atoms with Gasteiger partial charge in [0.1, 0.15) is 0 Å². The fourth-order valence-corrected chi connectivity index (χ4v) is 2.81. The van der Waals surface area contributed by atoms with Crippen LogP contribution < -0.4 is 10.9 Å². The van der Waals surface area contributed by atoms with Crippen LogP contribution in [0.1, 0.15) is 11.4 Å². The Morgan fingerprint density at radius 2 is 1.18 bits per heavy atom. The number of anilines is 2. The molecule has 1 aromatic carbocycles. The van der Waals surface area contributed by atoms with Crippen LogP contribution in [0.5, 0.6) is 0 Å². The summed E-state index contributed by atoms with van der Waals surface area (Å²) in [7, 11) is 3.93. The Labute approximate surface area is 162 Å². The van der Waals surface area contributed by atoms with E-state index in [-0.39, 0.29) is 0 Å². The minimum absolute atomic E-state index is 0.582. The second kappa shape index (κ2) is 7.75. The monoisotopic (exact) mass is 372 g/mol. The minimum atomic E-state index is 0.582. The predicted molar refractivity (Wildman–Crippen MR) is 113 cm³/mol. The Kier molecular flexibility index (Phi) is 4.83. The fraction of sp³-hybridized carbons (Fsp3) is 0.100. The molecule has 0 atom stereocenters. The van der Waals surface area contributed by atoms with Crippen molar-refractivity contribution >= 4 is 34.8 Å². The zero-order chi connectivity index (χ0) is 19.3. The van der Waals surface area contributed by atoms with Gasteiger partial charge in [-0.15, -0.1) is 10.2 Å². The maximum absolute atomic E-state index is 4.28. The van der Waals surface area contributed by atoms with E-state index in [1.54, 1.807) is 12.4 Å². The van der Waals surface area contributed by atoms with Gasteiger partial charge in [0.15, 0.2) is 11.6 Å². The molecule has 0 aliphatic heterocycles. The molecule has 140 valence electrons. The van der Waals surface area contributed by atoms with Crippen LogP contribution >= 0.6 is 0 Å². The fourth-order valence-electron chi connectivity index (χ4n) is 2.81. The summed E-state index contributed by atoms with van der Waals surface area (Å²) in [4.78, 5) is 0. The van der Waals surface area contributed by atoms with Crippen molar-refractivity contribution in [1.29, 1.82) is 0 Å². The van der Waals surface area contributed by atoms with Crippen LogP contribution in [0.3, 0.4) is 0 Å². The maximum atomic E-state index is 4.28. The van der Waals surface area contributed by atoms with Crippen molar-refractivity contribution in [2.75, 3.05) is 10.9 Å². The highest BCUT2D eigenvalue weighted by Crippen LogP contribution is 2.25. The van der Waals surface area contributed by atoms with Crippen molar-refractivity contribution in [3.05, 3.63) is 72.3 Å². The van der Waals surface area contributed by atoms with E-state index < -0.39 is 0 Å². The van der Waals surface area contributed by atoms with Crippen LogP contribution in [0.2, 0.25) is 0 Å². The van der Waals surface area contributed by atoms with E-state index in [1.165, 1.54) is 0 Å². The van der Waals surface area contributed by atoms with Crippen molar-refractivity contribution in [2.45, 2.75) is 0 Å². The molecule has 0 saturated heterocycles. The average molecular weight is 372 g/mol. The molecular formula is C20H20N8. The van der Waals surface area contributed by atoms with Gasteiger partial charge in [-0.3, -0.25) is 10.9 Å². The molecule has 0 aliphatic rings. The van der Waals surface area contributed by atoms with Crippen LogP contribution in [0, 0.1) is 0 Å². The molecule has 0 spiro atoms. The number of rotatable bonds is 6. The molecule has 0 unspecified atom stereocenters. The smallest absolute Gasteiger partial charge is 0.176 e. The highest BCUT2D eigenvalue weighted by molar-refractivity contribution is 5.98. The highest BCUT2D eigenvalue weighted by atomic mass is 15.4. The summed E-state index contributed by atoms with van der Waals surface area (Å²) in [5, 5.41) is 18.9. The lowest BCUT2D eigenvalue weighted by Gasteiger charge is -2.08. The standard InChI is InChI=1S/C20H20N8/c1-27-11-5-7-15(27)13-21-23-19-17-9-3-4-10-18(17)20(26-25-19)24-22-14-16-8-6-12-28(16)2/h3-14H,1-2H3,(H,23,25)(H,24,26). The van der Waals surface area contributed by atoms with Gasteiger partial charge in [0.05, 0.1) is 23.8 Å². The van der Waals surface area contributed by atoms with E-state index in [0.29, 0.717) is 11.6 Å². The summed E-state index contributed by atoms with van der Waals surface area (Å²) in [6, 6.07) is 15.7. The largest absolute Gasteiger partial charge is 0.350 e. The topological polar surface area (TPSA) is 84.4 Å². The van der Waals surface area contributed by atoms with Gasteiger partial charge in [-0.25, -0.2) is 0 Å². The second-order valence-electron chi connectivity index (χ2n) is 6.27. The number of hydrazone groups is 2. The summed E-state index contributed by atoms with van der Waals surface area (Å²) in [6.45, 7) is 0. The lowest BCUT2D eigenvalue weighted by atomic mass is 10.2. The van der Waals surface area contributed by atoms with E-state index in [9.17, 15) is 0 Å². The van der Waals surface area contributed by atoms with Gasteiger partial charge < -0.3 is 9.13 Å². The molecule has 4 aromatic rings. The maximum Gasteiger partial charge on any atom is 0.176 e. The van der Waals surface area contributed by atoms with Gasteiger partial charge in [0, 0.05) is 37.3 Å². The van der Waals surface area contributed by atoms with Gasteiger partial charge in [-0.1, -0.05) is 24.3 Å². The Hall–Kier alpha value is -3.94. The van der Waals surface area contributed by atoms with E-state index >= 15 is 0 Å². The molecule has 2 N–H and O–H groups in total. The number of benzene rings is 1. The molecule has 8 heteroatoms. The van der Waals surface area contributed by atoms with Gasteiger partial charge in [-0.05, 0) is 24.3 Å². The van der Waals surface area contributed by atoms with Crippen molar-refractivity contribution in [3.8, 4) is 0 Å². The molecule has 8 nitrogen and oxygen atoms in total. The van der Waals surface area contributed by atoms with Crippen LogP contribution in [-0.2, 0) is 14.1 Å². The normalized spacial score (nSPS) is 11.6. The molecular weight excluding hydrogens is 352 g/mol. The molecule has 0 saturated carbocycles. The van der Waals surface area contributed by atoms with Gasteiger partial charge in [-0.2, -0.15) is 10.2 Å². The second-order valence-corrected chi connectivity index (χ2v) is 6.27. The molecule has 3 aromatic heterocycles. The van der Waals surface area contributed by atoms with Crippen LogP contribution in [-0.4, -0.2) is 31.8 Å². The molecule has 0 fully saturated rings. The predicted octanol–water partition coefficient (Wildman–Crippen LogP) is 3.20. The summed E-state index contributed by atoms with van der Waals surface area (Å²) in [5.74, 6) is 1.16. The first-order valence-electron chi connectivity index (χ1n) is 8.78. The number of aromatic nitrogens is 4. The van der Waals surface area contributed by atoms with E-state index in [1.807, 2.05) is 84.2 Å². The lowest BCUT2D eigenvalue weighted by Crippen LogP contribution is -2.02. The molecule has 28 heavy (non-hydrogen) atoms. The number of nitrogens with one attached hydrogen (secondary N) is 2. The van der Waals surface area contributed by atoms with Crippen molar-refractivity contribution in [2.24, 2.45) is 24.3 Å². The molecule has 0 amide bonds. The summed E-state index contributed by atoms with van der Waals surface area (Å²) < 4.78 is 3.96. The summed E-state index contributed by atoms with van der Waals surface area (Å²) >= 11 is 0. The average Bonchev–Trinajstić information content (AvgIpc) is 3.31. The first kappa shape index (κ1) is 17.5. The van der Waals surface area contributed by atoms with Crippen LogP contribution in [0.15, 0.2) is 71.1 Å². The molecule has 0 aliphatic carbocycles. The third-order valence-electron chi connectivity index (χ3n) is 4.39. The number of aryl methyl sites for hydroxylation is 2. The molecule has 0 radical (unpaired) electrons. The Bertz CT molecular complexity index is 1060. The Morgan fingerprint density at radius 3 is 1.57 bits per heavy atom. The lowest BCUT2D eigenvalue weighted by molar-refractivity contribution is 0.917. The van der Waals surface area contributed by atoms with E-state index in [4.69, 9.17) is 0 Å². The zero-order valence-electron chi connectivity index (χ0n) is 15.6. The van der Waals surface area contributed by atoms with Crippen molar-refractivity contribution < 1.29 is 0 Å². The third kappa shape index (κ3) is 3.61. The number of nitrogens with zero attached hydrogens (tertiary/aromatic N) is 6. The van der Waals surface area contributed by atoms with Crippen molar-refractivity contribution in [3.63, 3.8) is 0 Å². The molecule has 4 rings (SSSR count). The number of hydrogen-bond donors (Lipinski definition) is 2. The highest BCUT2D eigenvalue weighted by Gasteiger charge is 2.08. The minimum Gasteiger partial charge on any atom is -0.350 e. The van der Waals surface area contributed by atoms with E-state index in [0.717, 1.165) is 22.2 Å². The van der Waals surface area contributed by atoms with Gasteiger partial charge >= 0.3 is 0 Å². The Balaban J connectivity index is 1.56. The Morgan fingerprint density at radius 1 is 0.714 bits per heavy atom. The first-order chi connectivity index (χ1) is 13.7. The number of hydrogen-bond acceptors (Lipinski definition) is 6.